The summed E-state index contributed by atoms with van der Waals surface area (Å²) in [6, 6.07) is 17.0. The van der Waals surface area contributed by atoms with E-state index in [1.54, 1.807) is 0 Å². The van der Waals surface area contributed by atoms with Gasteiger partial charge in [0.25, 0.3) is 0 Å². The van der Waals surface area contributed by atoms with Crippen molar-refractivity contribution in [1.82, 2.24) is 0 Å². The number of hydrogen-bond donors (Lipinski definition) is 1. The molecule has 2 nitrogen and oxygen atoms in total. The van der Waals surface area contributed by atoms with Crippen LogP contribution in [0.4, 0.5) is 0 Å². The lowest BCUT2D eigenvalue weighted by Gasteiger charge is -2.05. The van der Waals surface area contributed by atoms with Crippen molar-refractivity contribution in [3.63, 3.8) is 0 Å². The smallest absolute Gasteiger partial charge is 0.157 e. The first-order valence-corrected chi connectivity index (χ1v) is 5.44. The summed E-state index contributed by atoms with van der Waals surface area (Å²) in [6.45, 7) is 1.96. The molecule has 2 rings (SSSR count). The lowest BCUT2D eigenvalue weighted by molar-refractivity contribution is 0.437. The van der Waals surface area contributed by atoms with Crippen molar-refractivity contribution in [2.45, 2.75) is 6.92 Å². The van der Waals surface area contributed by atoms with Crippen molar-refractivity contribution >= 4 is 5.76 Å². The molecular formula is C15H14O2. The van der Waals surface area contributed by atoms with Crippen LogP contribution in [0.15, 0.2) is 60.9 Å². The largest absolute Gasteiger partial charge is 0.504 e. The van der Waals surface area contributed by atoms with E-state index in [1.807, 2.05) is 61.5 Å². The Bertz CT molecular complexity index is 515. The van der Waals surface area contributed by atoms with Gasteiger partial charge in [0.15, 0.2) is 5.76 Å². The topological polar surface area (TPSA) is 29.5 Å². The van der Waals surface area contributed by atoms with Crippen molar-refractivity contribution in [2.24, 2.45) is 0 Å². The lowest BCUT2D eigenvalue weighted by atomic mass is 10.2. The van der Waals surface area contributed by atoms with Crippen LogP contribution in [0.5, 0.6) is 5.75 Å². The standard InChI is InChI=1S/C15H14O2/c1-12-7-5-6-10-15(12)17-11-14(16)13-8-3-2-4-9-13/h2-11,16H,1H3/b14-11-. The fourth-order valence-electron chi connectivity index (χ4n) is 1.48. The van der Waals surface area contributed by atoms with Gasteiger partial charge in [0.2, 0.25) is 0 Å². The summed E-state index contributed by atoms with van der Waals surface area (Å²) in [5, 5.41) is 9.81. The molecule has 0 aliphatic carbocycles. The quantitative estimate of drug-likeness (QED) is 0.803. The lowest BCUT2D eigenvalue weighted by Crippen LogP contribution is -1.89. The molecule has 0 bridgehead atoms. The fourth-order valence-corrected chi connectivity index (χ4v) is 1.48. The minimum atomic E-state index is 0.119. The molecular weight excluding hydrogens is 212 g/mol. The molecule has 2 aromatic carbocycles. The van der Waals surface area contributed by atoms with E-state index in [0.29, 0.717) is 0 Å². The SMILES string of the molecule is Cc1ccccc1O/C=C(\O)c1ccccc1. The van der Waals surface area contributed by atoms with Crippen LogP contribution in [-0.4, -0.2) is 5.11 Å². The second-order valence-electron chi connectivity index (χ2n) is 3.75. The maximum atomic E-state index is 9.81. The van der Waals surface area contributed by atoms with Gasteiger partial charge in [-0.3, -0.25) is 0 Å². The van der Waals surface area contributed by atoms with Gasteiger partial charge in [-0.25, -0.2) is 0 Å². The molecule has 0 aromatic heterocycles. The molecule has 0 aliphatic heterocycles. The Kier molecular flexibility index (Phi) is 3.46. The minimum absolute atomic E-state index is 0.119. The number of aliphatic hydroxyl groups is 1. The average molecular weight is 226 g/mol. The van der Waals surface area contributed by atoms with Crippen LogP contribution in [-0.2, 0) is 0 Å². The first kappa shape index (κ1) is 11.3. The number of aliphatic hydroxyl groups excluding tert-OH is 1. The van der Waals surface area contributed by atoms with E-state index in [2.05, 4.69) is 0 Å². The number of rotatable bonds is 3. The number of aryl methyl sites for hydroxylation is 1. The Morgan fingerprint density at radius 2 is 1.65 bits per heavy atom. The molecule has 0 fully saturated rings. The second-order valence-corrected chi connectivity index (χ2v) is 3.75. The summed E-state index contributed by atoms with van der Waals surface area (Å²) < 4.78 is 5.44. The third-order valence-corrected chi connectivity index (χ3v) is 2.46. The van der Waals surface area contributed by atoms with Crippen molar-refractivity contribution in [3.05, 3.63) is 72.0 Å². The second kappa shape index (κ2) is 5.21. The van der Waals surface area contributed by atoms with Crippen LogP contribution < -0.4 is 4.74 Å². The number of hydrogen-bond acceptors (Lipinski definition) is 2. The van der Waals surface area contributed by atoms with E-state index in [9.17, 15) is 5.11 Å². The third-order valence-electron chi connectivity index (χ3n) is 2.46. The van der Waals surface area contributed by atoms with Gasteiger partial charge in [-0.05, 0) is 18.6 Å². The summed E-state index contributed by atoms with van der Waals surface area (Å²) >= 11 is 0. The van der Waals surface area contributed by atoms with Gasteiger partial charge in [0, 0.05) is 5.56 Å². The first-order valence-electron chi connectivity index (χ1n) is 5.44. The van der Waals surface area contributed by atoms with Crippen molar-refractivity contribution in [1.29, 1.82) is 0 Å². The first-order chi connectivity index (χ1) is 8.27. The van der Waals surface area contributed by atoms with E-state index in [1.165, 1.54) is 6.26 Å². The van der Waals surface area contributed by atoms with Crippen molar-refractivity contribution in [2.75, 3.05) is 0 Å². The molecule has 0 amide bonds. The Hall–Kier alpha value is -2.22. The van der Waals surface area contributed by atoms with Gasteiger partial charge in [-0.2, -0.15) is 0 Å². The van der Waals surface area contributed by atoms with E-state index in [4.69, 9.17) is 4.74 Å². The Morgan fingerprint density at radius 1 is 1.00 bits per heavy atom. The Morgan fingerprint density at radius 3 is 2.35 bits per heavy atom. The number of benzene rings is 2. The van der Waals surface area contributed by atoms with Crippen LogP contribution in [0, 0.1) is 6.92 Å². The summed E-state index contributed by atoms with van der Waals surface area (Å²) in [7, 11) is 0. The Balaban J connectivity index is 2.14. The highest BCUT2D eigenvalue weighted by Crippen LogP contribution is 2.18. The molecule has 0 saturated carbocycles. The molecule has 0 atom stereocenters. The zero-order valence-corrected chi connectivity index (χ0v) is 9.63. The van der Waals surface area contributed by atoms with Crippen LogP contribution in [0.3, 0.4) is 0 Å². The molecule has 0 spiro atoms. The predicted molar refractivity (Wildman–Crippen MR) is 68.9 cm³/mol. The van der Waals surface area contributed by atoms with Crippen molar-refractivity contribution < 1.29 is 9.84 Å². The van der Waals surface area contributed by atoms with Gasteiger partial charge >= 0.3 is 0 Å². The molecule has 2 aromatic rings. The number of ether oxygens (including phenoxy) is 1. The van der Waals surface area contributed by atoms with Crippen LogP contribution >= 0.6 is 0 Å². The minimum Gasteiger partial charge on any atom is -0.504 e. The maximum absolute atomic E-state index is 9.81. The predicted octanol–water partition coefficient (Wildman–Crippen LogP) is 3.93. The third kappa shape index (κ3) is 2.88. The van der Waals surface area contributed by atoms with Gasteiger partial charge < -0.3 is 9.84 Å². The van der Waals surface area contributed by atoms with E-state index in [-0.39, 0.29) is 5.76 Å². The van der Waals surface area contributed by atoms with Gasteiger partial charge in [0.05, 0.1) is 0 Å². The molecule has 0 unspecified atom stereocenters. The molecule has 0 radical (unpaired) electrons. The molecule has 17 heavy (non-hydrogen) atoms. The molecule has 1 N–H and O–H groups in total. The fraction of sp³-hybridized carbons (Fsp3) is 0.0667. The van der Waals surface area contributed by atoms with Crippen molar-refractivity contribution in [3.8, 4) is 5.75 Å². The van der Waals surface area contributed by atoms with Gasteiger partial charge in [0.1, 0.15) is 12.0 Å². The highest BCUT2D eigenvalue weighted by atomic mass is 16.5. The van der Waals surface area contributed by atoms with E-state index >= 15 is 0 Å². The summed E-state index contributed by atoms with van der Waals surface area (Å²) in [4.78, 5) is 0. The molecule has 0 heterocycles. The number of para-hydroxylation sites is 1. The van der Waals surface area contributed by atoms with E-state index < -0.39 is 0 Å². The van der Waals surface area contributed by atoms with Gasteiger partial charge in [-0.1, -0.05) is 48.5 Å². The summed E-state index contributed by atoms with van der Waals surface area (Å²) in [5.74, 6) is 0.865. The molecule has 0 saturated heterocycles. The summed E-state index contributed by atoms with van der Waals surface area (Å²) in [6.07, 6.45) is 1.36. The van der Waals surface area contributed by atoms with E-state index in [0.717, 1.165) is 16.9 Å². The monoisotopic (exact) mass is 226 g/mol. The zero-order valence-electron chi connectivity index (χ0n) is 9.63. The Labute approximate surface area is 101 Å². The van der Waals surface area contributed by atoms with Crippen LogP contribution in [0.2, 0.25) is 0 Å². The molecule has 0 aliphatic rings. The maximum Gasteiger partial charge on any atom is 0.157 e. The molecule has 86 valence electrons. The average Bonchev–Trinajstić information content (AvgIpc) is 2.38. The van der Waals surface area contributed by atoms with Crippen LogP contribution in [0.25, 0.3) is 5.76 Å². The normalized spacial score (nSPS) is 11.2. The highest BCUT2D eigenvalue weighted by molar-refractivity contribution is 5.57. The van der Waals surface area contributed by atoms with Gasteiger partial charge in [-0.15, -0.1) is 0 Å². The zero-order chi connectivity index (χ0) is 12.1. The summed E-state index contributed by atoms with van der Waals surface area (Å²) in [5.41, 5.74) is 1.77. The highest BCUT2D eigenvalue weighted by Gasteiger charge is 1.99. The molecule has 2 heteroatoms. The van der Waals surface area contributed by atoms with Crippen LogP contribution in [0.1, 0.15) is 11.1 Å².